The summed E-state index contributed by atoms with van der Waals surface area (Å²) >= 11 is 0. The van der Waals surface area contributed by atoms with Gasteiger partial charge in [-0.1, -0.05) is 59.5 Å². The molecule has 0 heterocycles. The molecule has 180 valence electrons. The van der Waals surface area contributed by atoms with Gasteiger partial charge in [0, 0.05) is 19.3 Å². The van der Waals surface area contributed by atoms with Crippen molar-refractivity contribution >= 4 is 11.8 Å². The van der Waals surface area contributed by atoms with Gasteiger partial charge in [0.05, 0.1) is 0 Å². The minimum atomic E-state index is -0.202. The zero-order valence-corrected chi connectivity index (χ0v) is 21.4. The quantitative estimate of drug-likeness (QED) is 0.411. The van der Waals surface area contributed by atoms with Gasteiger partial charge >= 0.3 is 5.97 Å². The maximum absolute atomic E-state index is 13.6. The van der Waals surface area contributed by atoms with Crippen LogP contribution in [-0.2, 0) is 14.3 Å². The third kappa shape index (κ3) is 4.11. The average Bonchev–Trinajstić information content (AvgIpc) is 3.05. The Kier molecular flexibility index (Phi) is 6.69. The molecule has 3 saturated carbocycles. The standard InChI is InChI=1S/C29H46O3/c1-18(2)8-7-9-19(3)23-10-11-24-27-25(13-15-29(23,24)6)28(5)14-12-22(32-20(4)30)16-21(28)17-26(27)31/h17-19,22-25,27H,7-16H2,1-6H3/t19-,22-,23+,24-,25-,27-,28-,29+/m0/s1. The van der Waals surface area contributed by atoms with Gasteiger partial charge in [0.15, 0.2) is 5.78 Å². The fourth-order valence-electron chi connectivity index (χ4n) is 8.73. The Hall–Kier alpha value is -1.12. The number of hydrogen-bond acceptors (Lipinski definition) is 3. The molecule has 0 aromatic carbocycles. The van der Waals surface area contributed by atoms with E-state index in [-0.39, 0.29) is 23.4 Å². The van der Waals surface area contributed by atoms with E-state index in [1.54, 1.807) is 0 Å². The second-order valence-corrected chi connectivity index (χ2v) is 12.7. The molecule has 0 N–H and O–H groups in total. The summed E-state index contributed by atoms with van der Waals surface area (Å²) in [7, 11) is 0. The molecule has 0 bridgehead atoms. The van der Waals surface area contributed by atoms with Crippen LogP contribution in [0.25, 0.3) is 0 Å². The summed E-state index contributed by atoms with van der Waals surface area (Å²) in [5, 5.41) is 0. The van der Waals surface area contributed by atoms with Gasteiger partial charge in [-0.25, -0.2) is 0 Å². The van der Waals surface area contributed by atoms with Gasteiger partial charge in [-0.05, 0) is 85.0 Å². The number of esters is 1. The number of carbonyl (C=O) groups excluding carboxylic acids is 2. The first-order chi connectivity index (χ1) is 15.1. The highest BCUT2D eigenvalue weighted by atomic mass is 16.5. The molecule has 4 aliphatic carbocycles. The van der Waals surface area contributed by atoms with Crippen molar-refractivity contribution in [2.75, 3.05) is 0 Å². The van der Waals surface area contributed by atoms with Crippen molar-refractivity contribution in [2.45, 2.75) is 112 Å². The van der Waals surface area contributed by atoms with Crippen LogP contribution in [0.1, 0.15) is 106 Å². The van der Waals surface area contributed by atoms with Crippen LogP contribution in [-0.4, -0.2) is 17.9 Å². The lowest BCUT2D eigenvalue weighted by atomic mass is 9.46. The first-order valence-electron chi connectivity index (χ1n) is 13.5. The van der Waals surface area contributed by atoms with Crippen molar-refractivity contribution in [3.63, 3.8) is 0 Å². The molecule has 3 fully saturated rings. The van der Waals surface area contributed by atoms with Crippen LogP contribution in [0, 0.1) is 46.3 Å². The number of rotatable bonds is 6. The highest BCUT2D eigenvalue weighted by Crippen LogP contribution is 2.66. The van der Waals surface area contributed by atoms with E-state index in [4.69, 9.17) is 4.74 Å². The summed E-state index contributed by atoms with van der Waals surface area (Å²) in [5.41, 5.74) is 1.70. The Labute approximate surface area is 196 Å². The van der Waals surface area contributed by atoms with Crippen LogP contribution in [0.5, 0.6) is 0 Å². The lowest BCUT2D eigenvalue weighted by molar-refractivity contribution is -0.149. The molecule has 0 aromatic heterocycles. The molecule has 4 aliphatic rings. The lowest BCUT2D eigenvalue weighted by Gasteiger charge is -2.57. The number of fused-ring (bicyclic) bond motifs is 5. The van der Waals surface area contributed by atoms with E-state index in [1.165, 1.54) is 57.4 Å². The number of ketones is 1. The Bertz CT molecular complexity index is 766. The number of allylic oxidation sites excluding steroid dienone is 1. The minimum Gasteiger partial charge on any atom is -0.462 e. The fraction of sp³-hybridized carbons (Fsp3) is 0.862. The zero-order valence-electron chi connectivity index (χ0n) is 21.4. The maximum Gasteiger partial charge on any atom is 0.302 e. The highest BCUT2D eigenvalue weighted by molar-refractivity contribution is 5.94. The second kappa shape index (κ2) is 8.91. The molecule has 32 heavy (non-hydrogen) atoms. The molecule has 4 rings (SSSR count). The molecule has 0 spiro atoms. The lowest BCUT2D eigenvalue weighted by Crippen LogP contribution is -2.53. The van der Waals surface area contributed by atoms with Gasteiger partial charge in [-0.2, -0.15) is 0 Å². The van der Waals surface area contributed by atoms with Crippen LogP contribution in [0.3, 0.4) is 0 Å². The van der Waals surface area contributed by atoms with Crippen molar-refractivity contribution in [1.29, 1.82) is 0 Å². The molecule has 8 atom stereocenters. The number of carbonyl (C=O) groups is 2. The Morgan fingerprint density at radius 2 is 1.81 bits per heavy atom. The summed E-state index contributed by atoms with van der Waals surface area (Å²) in [4.78, 5) is 25.1. The smallest absolute Gasteiger partial charge is 0.302 e. The van der Waals surface area contributed by atoms with E-state index in [2.05, 4.69) is 34.6 Å². The molecule has 0 amide bonds. The van der Waals surface area contributed by atoms with Gasteiger partial charge in [0.1, 0.15) is 6.10 Å². The predicted octanol–water partition coefficient (Wildman–Crippen LogP) is 7.14. The van der Waals surface area contributed by atoms with Gasteiger partial charge in [-0.15, -0.1) is 0 Å². The molecule has 0 aromatic rings. The molecule has 3 nitrogen and oxygen atoms in total. The van der Waals surface area contributed by atoms with E-state index in [0.29, 0.717) is 23.0 Å². The molecule has 0 unspecified atom stereocenters. The normalized spacial score (nSPS) is 42.0. The monoisotopic (exact) mass is 442 g/mol. The molecule has 0 radical (unpaired) electrons. The van der Waals surface area contributed by atoms with Crippen LogP contribution in [0.4, 0.5) is 0 Å². The summed E-state index contributed by atoms with van der Waals surface area (Å²) in [5.74, 6) is 3.74. The second-order valence-electron chi connectivity index (χ2n) is 12.7. The molecule has 0 saturated heterocycles. The Morgan fingerprint density at radius 3 is 2.50 bits per heavy atom. The van der Waals surface area contributed by atoms with E-state index in [0.717, 1.165) is 37.0 Å². The molecule has 3 heteroatoms. The van der Waals surface area contributed by atoms with E-state index < -0.39 is 0 Å². The van der Waals surface area contributed by atoms with Gasteiger partial charge in [0.25, 0.3) is 0 Å². The third-order valence-electron chi connectivity index (χ3n) is 10.4. The van der Waals surface area contributed by atoms with Crippen molar-refractivity contribution in [3.05, 3.63) is 11.6 Å². The first kappa shape index (κ1) is 24.0. The van der Waals surface area contributed by atoms with Crippen LogP contribution in [0.2, 0.25) is 0 Å². The number of ether oxygens (including phenoxy) is 1. The van der Waals surface area contributed by atoms with Crippen LogP contribution in [0.15, 0.2) is 11.6 Å². The first-order valence-corrected chi connectivity index (χ1v) is 13.5. The molecule has 0 aliphatic heterocycles. The Morgan fingerprint density at radius 1 is 1.06 bits per heavy atom. The molecular formula is C29H46O3. The van der Waals surface area contributed by atoms with Crippen molar-refractivity contribution < 1.29 is 14.3 Å². The van der Waals surface area contributed by atoms with Gasteiger partial charge in [-0.3, -0.25) is 9.59 Å². The third-order valence-corrected chi connectivity index (χ3v) is 10.4. The van der Waals surface area contributed by atoms with Crippen molar-refractivity contribution in [2.24, 2.45) is 46.3 Å². The topological polar surface area (TPSA) is 43.4 Å². The van der Waals surface area contributed by atoms with E-state index in [9.17, 15) is 9.59 Å². The summed E-state index contributed by atoms with van der Waals surface area (Å²) < 4.78 is 5.54. The van der Waals surface area contributed by atoms with E-state index >= 15 is 0 Å². The van der Waals surface area contributed by atoms with Crippen LogP contribution < -0.4 is 0 Å². The highest BCUT2D eigenvalue weighted by Gasteiger charge is 2.61. The summed E-state index contributed by atoms with van der Waals surface area (Å²) in [6.07, 6.45) is 13.7. The largest absolute Gasteiger partial charge is 0.462 e. The Balaban J connectivity index is 1.52. The van der Waals surface area contributed by atoms with E-state index in [1.807, 2.05) is 6.08 Å². The number of hydrogen-bond donors (Lipinski definition) is 0. The summed E-state index contributed by atoms with van der Waals surface area (Å²) in [6, 6.07) is 0. The molecular weight excluding hydrogens is 396 g/mol. The van der Waals surface area contributed by atoms with Crippen molar-refractivity contribution in [1.82, 2.24) is 0 Å². The maximum atomic E-state index is 13.6. The SMILES string of the molecule is CC(=O)O[C@H]1CC[C@@]2(C)C(=CC(=O)[C@H]3[C@@H]4CC[C@H]([C@@H](C)CCCC(C)C)[C@@]4(C)CC[C@@H]32)C1. The zero-order chi connectivity index (χ0) is 23.3. The fourth-order valence-corrected chi connectivity index (χ4v) is 8.73. The van der Waals surface area contributed by atoms with Gasteiger partial charge < -0.3 is 4.74 Å². The van der Waals surface area contributed by atoms with Crippen molar-refractivity contribution in [3.8, 4) is 0 Å². The van der Waals surface area contributed by atoms with Gasteiger partial charge in [0.2, 0.25) is 0 Å². The average molecular weight is 443 g/mol. The minimum absolute atomic E-state index is 0.0485. The van der Waals surface area contributed by atoms with Crippen LogP contribution >= 0.6 is 0 Å². The predicted molar refractivity (Wildman–Crippen MR) is 129 cm³/mol. The summed E-state index contributed by atoms with van der Waals surface area (Å²) in [6.45, 7) is 13.6.